The number of hydrogen-bond donors (Lipinski definition) is 3. The van der Waals surface area contributed by atoms with E-state index in [1.54, 1.807) is 5.48 Å². The Morgan fingerprint density at radius 3 is 2.58 bits per heavy atom. The lowest BCUT2D eigenvalue weighted by Crippen LogP contribution is -2.48. The number of carbonyl (C=O) groups excluding carboxylic acids is 3. The summed E-state index contributed by atoms with van der Waals surface area (Å²) < 4.78 is 0. The van der Waals surface area contributed by atoms with Crippen LogP contribution in [0.25, 0.3) is 0 Å². The van der Waals surface area contributed by atoms with E-state index in [1.807, 2.05) is 26.0 Å². The van der Waals surface area contributed by atoms with Gasteiger partial charge in [0.1, 0.15) is 6.04 Å². The third-order valence-corrected chi connectivity index (χ3v) is 5.22. The molecular formula is C19H27N3O4. The van der Waals surface area contributed by atoms with Crippen molar-refractivity contribution in [3.63, 3.8) is 0 Å². The molecule has 1 aromatic carbocycles. The number of carbonyl (C=O) groups is 3. The van der Waals surface area contributed by atoms with Gasteiger partial charge >= 0.3 is 0 Å². The third-order valence-electron chi connectivity index (χ3n) is 5.22. The highest BCUT2D eigenvalue weighted by molar-refractivity contribution is 5.91. The summed E-state index contributed by atoms with van der Waals surface area (Å²) >= 11 is 0. The SMILES string of the molecule is Cc1ccc(CCC2(C)CCN(C(CCC(N)=O)C(=O)NO)C2=O)cc1. The second kappa shape index (κ2) is 8.31. The minimum atomic E-state index is -0.888. The average Bonchev–Trinajstić information content (AvgIpc) is 2.90. The van der Waals surface area contributed by atoms with Crippen LogP contribution >= 0.6 is 0 Å². The molecule has 26 heavy (non-hydrogen) atoms. The topological polar surface area (TPSA) is 113 Å². The molecule has 0 spiro atoms. The minimum absolute atomic E-state index is 0.0258. The van der Waals surface area contributed by atoms with Crippen molar-refractivity contribution >= 4 is 17.7 Å². The Labute approximate surface area is 153 Å². The van der Waals surface area contributed by atoms with Crippen LogP contribution in [0.3, 0.4) is 0 Å². The van der Waals surface area contributed by atoms with E-state index in [0.29, 0.717) is 19.4 Å². The van der Waals surface area contributed by atoms with Gasteiger partial charge in [0.2, 0.25) is 11.8 Å². The molecule has 1 aromatic rings. The van der Waals surface area contributed by atoms with Crippen molar-refractivity contribution in [3.05, 3.63) is 35.4 Å². The molecule has 1 aliphatic rings. The molecule has 7 nitrogen and oxygen atoms in total. The lowest BCUT2D eigenvalue weighted by atomic mass is 9.82. The highest BCUT2D eigenvalue weighted by atomic mass is 16.5. The molecule has 1 heterocycles. The number of aryl methyl sites for hydroxylation is 2. The fourth-order valence-corrected chi connectivity index (χ4v) is 3.41. The number of hydrogen-bond acceptors (Lipinski definition) is 4. The molecule has 2 rings (SSSR count). The first-order chi connectivity index (χ1) is 12.3. The monoisotopic (exact) mass is 361 g/mol. The lowest BCUT2D eigenvalue weighted by molar-refractivity contribution is -0.146. The molecule has 1 fully saturated rings. The number of rotatable bonds is 8. The first-order valence-corrected chi connectivity index (χ1v) is 8.86. The molecule has 142 valence electrons. The van der Waals surface area contributed by atoms with Crippen LogP contribution in [0.15, 0.2) is 24.3 Å². The van der Waals surface area contributed by atoms with Crippen molar-refractivity contribution in [3.8, 4) is 0 Å². The van der Waals surface area contributed by atoms with Crippen LogP contribution in [-0.2, 0) is 20.8 Å². The Balaban J connectivity index is 2.06. The molecule has 0 radical (unpaired) electrons. The van der Waals surface area contributed by atoms with Crippen molar-refractivity contribution < 1.29 is 19.6 Å². The Morgan fingerprint density at radius 1 is 1.35 bits per heavy atom. The Kier molecular flexibility index (Phi) is 6.37. The van der Waals surface area contributed by atoms with Gasteiger partial charge in [-0.05, 0) is 38.2 Å². The number of amides is 3. The summed E-state index contributed by atoms with van der Waals surface area (Å²) in [5.74, 6) is -1.36. The van der Waals surface area contributed by atoms with Crippen LogP contribution in [-0.4, -0.2) is 40.4 Å². The molecule has 0 aliphatic carbocycles. The first kappa shape index (κ1) is 19.9. The van der Waals surface area contributed by atoms with Crippen LogP contribution in [0.2, 0.25) is 0 Å². The smallest absolute Gasteiger partial charge is 0.266 e. The Hall–Kier alpha value is -2.41. The zero-order valence-electron chi connectivity index (χ0n) is 15.3. The van der Waals surface area contributed by atoms with Gasteiger partial charge in [-0.2, -0.15) is 0 Å². The van der Waals surface area contributed by atoms with Crippen molar-refractivity contribution in [2.45, 2.75) is 52.0 Å². The van der Waals surface area contributed by atoms with Crippen LogP contribution < -0.4 is 11.2 Å². The lowest BCUT2D eigenvalue weighted by Gasteiger charge is -2.28. The van der Waals surface area contributed by atoms with Crippen molar-refractivity contribution in [2.75, 3.05) is 6.54 Å². The summed E-state index contributed by atoms with van der Waals surface area (Å²) in [4.78, 5) is 37.4. The van der Waals surface area contributed by atoms with Gasteiger partial charge in [0.25, 0.3) is 5.91 Å². The largest absolute Gasteiger partial charge is 0.370 e. The standard InChI is InChI=1S/C19H27N3O4/c1-13-3-5-14(6-4-13)9-10-19(2)11-12-22(18(19)25)15(17(24)21-26)7-8-16(20)23/h3-6,15,26H,7-12H2,1-2H3,(H2,20,23)(H,21,24). The van der Waals surface area contributed by atoms with Crippen molar-refractivity contribution in [2.24, 2.45) is 11.1 Å². The van der Waals surface area contributed by atoms with E-state index in [-0.39, 0.29) is 18.7 Å². The molecular weight excluding hydrogens is 334 g/mol. The zero-order valence-corrected chi connectivity index (χ0v) is 15.3. The fraction of sp³-hybridized carbons (Fsp3) is 0.526. The molecule has 0 aromatic heterocycles. The first-order valence-electron chi connectivity index (χ1n) is 8.86. The number of nitrogens with two attached hydrogens (primary N) is 1. The maximum absolute atomic E-state index is 13.0. The molecule has 7 heteroatoms. The van der Waals surface area contributed by atoms with Gasteiger partial charge in [-0.3, -0.25) is 19.6 Å². The number of nitrogens with zero attached hydrogens (tertiary/aromatic N) is 1. The second-order valence-corrected chi connectivity index (χ2v) is 7.29. The predicted octanol–water partition coefficient (Wildman–Crippen LogP) is 1.31. The molecule has 1 aliphatic heterocycles. The maximum Gasteiger partial charge on any atom is 0.266 e. The number of benzene rings is 1. The summed E-state index contributed by atoms with van der Waals surface area (Å²) in [6, 6.07) is 7.33. The van der Waals surface area contributed by atoms with E-state index in [0.717, 1.165) is 6.42 Å². The van der Waals surface area contributed by atoms with Gasteiger partial charge in [-0.1, -0.05) is 36.8 Å². The van der Waals surface area contributed by atoms with Crippen LogP contribution in [0.5, 0.6) is 0 Å². The zero-order chi connectivity index (χ0) is 19.3. The highest BCUT2D eigenvalue weighted by Gasteiger charge is 2.46. The van der Waals surface area contributed by atoms with E-state index in [2.05, 4.69) is 12.1 Å². The van der Waals surface area contributed by atoms with E-state index in [9.17, 15) is 14.4 Å². The number of primary amides is 1. The van der Waals surface area contributed by atoms with Crippen LogP contribution in [0, 0.1) is 12.3 Å². The average molecular weight is 361 g/mol. The third kappa shape index (κ3) is 4.60. The molecule has 3 amide bonds. The van der Waals surface area contributed by atoms with E-state index in [1.165, 1.54) is 16.0 Å². The summed E-state index contributed by atoms with van der Waals surface area (Å²) in [6.45, 7) is 4.35. The normalized spacial score (nSPS) is 20.9. The summed E-state index contributed by atoms with van der Waals surface area (Å²) in [6.07, 6.45) is 2.15. The van der Waals surface area contributed by atoms with Gasteiger partial charge in [0.05, 0.1) is 0 Å². The van der Waals surface area contributed by atoms with E-state index >= 15 is 0 Å². The Morgan fingerprint density at radius 2 is 2.00 bits per heavy atom. The predicted molar refractivity (Wildman–Crippen MR) is 96.1 cm³/mol. The second-order valence-electron chi connectivity index (χ2n) is 7.29. The van der Waals surface area contributed by atoms with Gasteiger partial charge in [-0.15, -0.1) is 0 Å². The summed E-state index contributed by atoms with van der Waals surface area (Å²) in [7, 11) is 0. The van der Waals surface area contributed by atoms with Crippen LogP contribution in [0.4, 0.5) is 0 Å². The Bertz CT molecular complexity index is 674. The molecule has 0 bridgehead atoms. The van der Waals surface area contributed by atoms with Gasteiger partial charge in [0.15, 0.2) is 0 Å². The van der Waals surface area contributed by atoms with Crippen molar-refractivity contribution in [1.82, 2.24) is 10.4 Å². The van der Waals surface area contributed by atoms with E-state index in [4.69, 9.17) is 10.9 Å². The summed E-state index contributed by atoms with van der Waals surface area (Å²) in [5, 5.41) is 8.97. The fourth-order valence-electron chi connectivity index (χ4n) is 3.41. The number of likely N-dealkylation sites (tertiary alicyclic amines) is 1. The number of nitrogens with one attached hydrogen (secondary N) is 1. The molecule has 1 saturated heterocycles. The molecule has 2 unspecified atom stereocenters. The number of hydroxylamine groups is 1. The summed E-state index contributed by atoms with van der Waals surface area (Å²) in [5.41, 5.74) is 8.54. The van der Waals surface area contributed by atoms with Crippen molar-refractivity contribution in [1.29, 1.82) is 0 Å². The molecule has 4 N–H and O–H groups in total. The van der Waals surface area contributed by atoms with Gasteiger partial charge in [-0.25, -0.2) is 5.48 Å². The quantitative estimate of drug-likeness (QED) is 0.478. The molecule has 0 saturated carbocycles. The van der Waals surface area contributed by atoms with Gasteiger partial charge < -0.3 is 10.6 Å². The van der Waals surface area contributed by atoms with Gasteiger partial charge in [0, 0.05) is 18.4 Å². The molecule has 2 atom stereocenters. The highest BCUT2D eigenvalue weighted by Crippen LogP contribution is 2.37. The van der Waals surface area contributed by atoms with Crippen LogP contribution in [0.1, 0.15) is 43.7 Å². The maximum atomic E-state index is 13.0. The minimum Gasteiger partial charge on any atom is -0.370 e. The van der Waals surface area contributed by atoms with E-state index < -0.39 is 23.3 Å².